The molecule has 0 saturated heterocycles. The van der Waals surface area contributed by atoms with Crippen LogP contribution >= 0.6 is 24.0 Å². The number of rotatable bonds is 9. The van der Waals surface area contributed by atoms with Crippen LogP contribution in [0.4, 0.5) is 0 Å². The van der Waals surface area contributed by atoms with Crippen molar-refractivity contribution in [1.82, 2.24) is 16.0 Å². The van der Waals surface area contributed by atoms with Gasteiger partial charge in [0, 0.05) is 46.9 Å². The van der Waals surface area contributed by atoms with Crippen molar-refractivity contribution in [2.45, 2.75) is 83.6 Å². The molecule has 1 aliphatic rings. The number of aliphatic imine (C=N–C) groups is 1. The minimum atomic E-state index is -0.724. The highest BCUT2D eigenvalue weighted by molar-refractivity contribution is 14.0. The van der Waals surface area contributed by atoms with Gasteiger partial charge in [0.15, 0.2) is 5.96 Å². The summed E-state index contributed by atoms with van der Waals surface area (Å²) in [6.07, 6.45) is 5.50. The predicted molar refractivity (Wildman–Crippen MR) is 122 cm³/mol. The van der Waals surface area contributed by atoms with E-state index in [0.717, 1.165) is 50.4 Å². The Hall–Kier alpha value is -0.380. The Bertz CT molecular complexity index is 462. The van der Waals surface area contributed by atoms with E-state index < -0.39 is 10.8 Å². The van der Waals surface area contributed by atoms with Crippen molar-refractivity contribution < 1.29 is 9.00 Å². The van der Waals surface area contributed by atoms with Gasteiger partial charge >= 0.3 is 0 Å². The average Bonchev–Trinajstić information content (AvgIpc) is 2.61. The third-order valence-electron chi connectivity index (χ3n) is 4.60. The van der Waals surface area contributed by atoms with E-state index in [-0.39, 0.29) is 35.9 Å². The number of hydrogen-bond acceptors (Lipinski definition) is 3. The summed E-state index contributed by atoms with van der Waals surface area (Å²) in [5.41, 5.74) is 0. The first-order chi connectivity index (χ1) is 12.0. The number of halogens is 1. The zero-order valence-electron chi connectivity index (χ0n) is 16.7. The van der Waals surface area contributed by atoms with Gasteiger partial charge in [0.2, 0.25) is 5.91 Å². The number of carbonyl (C=O) groups excluding carboxylic acids is 1. The number of nitrogens with one attached hydrogen (secondary N) is 3. The first kappa shape index (κ1) is 25.6. The first-order valence-electron chi connectivity index (χ1n) is 9.71. The quantitative estimate of drug-likeness (QED) is 0.258. The molecular weight excluding hydrogens is 463 g/mol. The molecule has 0 heterocycles. The molecule has 1 saturated carbocycles. The second-order valence-corrected chi connectivity index (χ2v) is 8.69. The molecule has 0 bridgehead atoms. The maximum Gasteiger partial charge on any atom is 0.222 e. The van der Waals surface area contributed by atoms with Crippen LogP contribution in [0.15, 0.2) is 4.99 Å². The molecule has 3 N–H and O–H groups in total. The Morgan fingerprint density at radius 1 is 1.27 bits per heavy atom. The van der Waals surface area contributed by atoms with Crippen LogP contribution in [0, 0.1) is 0 Å². The fourth-order valence-electron chi connectivity index (χ4n) is 2.98. The molecule has 0 aromatic rings. The lowest BCUT2D eigenvalue weighted by Gasteiger charge is -2.30. The van der Waals surface area contributed by atoms with Crippen LogP contribution in [0.2, 0.25) is 0 Å². The lowest BCUT2D eigenvalue weighted by Crippen LogP contribution is -2.46. The topological polar surface area (TPSA) is 82.6 Å². The van der Waals surface area contributed by atoms with Gasteiger partial charge in [-0.2, -0.15) is 0 Å². The van der Waals surface area contributed by atoms with Crippen molar-refractivity contribution in [2.24, 2.45) is 4.99 Å². The van der Waals surface area contributed by atoms with Crippen molar-refractivity contribution in [1.29, 1.82) is 0 Å². The summed E-state index contributed by atoms with van der Waals surface area (Å²) in [5.74, 6) is 1.54. The summed E-state index contributed by atoms with van der Waals surface area (Å²) in [4.78, 5) is 16.4. The molecule has 4 unspecified atom stereocenters. The van der Waals surface area contributed by atoms with Gasteiger partial charge in [-0.3, -0.25) is 14.0 Å². The summed E-state index contributed by atoms with van der Waals surface area (Å²) < 4.78 is 12.1. The van der Waals surface area contributed by atoms with Gasteiger partial charge in [-0.15, -0.1) is 24.0 Å². The largest absolute Gasteiger partial charge is 0.357 e. The van der Waals surface area contributed by atoms with Gasteiger partial charge in [-0.25, -0.2) is 0 Å². The maximum atomic E-state index is 12.1. The Kier molecular flexibility index (Phi) is 14.4. The van der Waals surface area contributed by atoms with Crippen LogP contribution in [-0.2, 0) is 15.6 Å². The number of amides is 1. The van der Waals surface area contributed by atoms with Crippen LogP contribution in [-0.4, -0.2) is 52.3 Å². The minimum Gasteiger partial charge on any atom is -0.357 e. The molecule has 1 rings (SSSR count). The molecule has 0 spiro atoms. The van der Waals surface area contributed by atoms with E-state index in [1.807, 2.05) is 20.8 Å². The molecule has 1 aliphatic carbocycles. The van der Waals surface area contributed by atoms with E-state index in [1.54, 1.807) is 0 Å². The lowest BCUT2D eigenvalue weighted by molar-refractivity contribution is -0.121. The van der Waals surface area contributed by atoms with Gasteiger partial charge in [-0.05, 0) is 39.5 Å². The molecular formula is C18H37IN4O2S. The summed E-state index contributed by atoms with van der Waals surface area (Å²) in [6.45, 7) is 9.33. The van der Waals surface area contributed by atoms with E-state index in [1.165, 1.54) is 0 Å². The highest BCUT2D eigenvalue weighted by atomic mass is 127. The second-order valence-electron chi connectivity index (χ2n) is 6.69. The number of guanidine groups is 1. The fourth-order valence-corrected chi connectivity index (χ4v) is 4.33. The normalized spacial score (nSPS) is 22.7. The molecule has 6 nitrogen and oxygen atoms in total. The second kappa shape index (κ2) is 14.6. The zero-order valence-corrected chi connectivity index (χ0v) is 19.8. The molecule has 154 valence electrons. The van der Waals surface area contributed by atoms with Crippen molar-refractivity contribution in [3.63, 3.8) is 0 Å². The SMILES string of the molecule is CCNC(=NCCC(=O)NC(C)CC)NC1CCCC(S(=O)CC)C1.I. The Morgan fingerprint density at radius 2 is 2.00 bits per heavy atom. The third kappa shape index (κ3) is 10.1. The predicted octanol–water partition coefficient (Wildman–Crippen LogP) is 2.54. The van der Waals surface area contributed by atoms with E-state index in [0.29, 0.717) is 24.3 Å². The minimum absolute atomic E-state index is 0. The molecule has 1 amide bonds. The smallest absolute Gasteiger partial charge is 0.222 e. The molecule has 4 atom stereocenters. The highest BCUT2D eigenvalue weighted by Gasteiger charge is 2.26. The van der Waals surface area contributed by atoms with Crippen LogP contribution in [0.25, 0.3) is 0 Å². The summed E-state index contributed by atoms with van der Waals surface area (Å²) in [7, 11) is -0.724. The van der Waals surface area contributed by atoms with Crippen LogP contribution in [0.1, 0.15) is 66.2 Å². The Balaban J connectivity index is 0.00000625. The third-order valence-corrected chi connectivity index (χ3v) is 6.34. The van der Waals surface area contributed by atoms with Gasteiger partial charge in [0.25, 0.3) is 0 Å². The number of nitrogens with zero attached hydrogens (tertiary/aromatic N) is 1. The average molecular weight is 500 g/mol. The van der Waals surface area contributed by atoms with Crippen LogP contribution < -0.4 is 16.0 Å². The fraction of sp³-hybridized carbons (Fsp3) is 0.889. The monoisotopic (exact) mass is 500 g/mol. The summed E-state index contributed by atoms with van der Waals surface area (Å²) in [5, 5.41) is 9.96. The van der Waals surface area contributed by atoms with E-state index in [9.17, 15) is 9.00 Å². The molecule has 0 radical (unpaired) electrons. The Morgan fingerprint density at radius 3 is 2.62 bits per heavy atom. The van der Waals surface area contributed by atoms with Crippen molar-refractivity contribution in [2.75, 3.05) is 18.8 Å². The number of carbonyl (C=O) groups is 1. The zero-order chi connectivity index (χ0) is 18.7. The van der Waals surface area contributed by atoms with Crippen molar-refractivity contribution in [3.8, 4) is 0 Å². The van der Waals surface area contributed by atoms with Crippen molar-refractivity contribution >= 4 is 46.6 Å². The first-order valence-corrected chi connectivity index (χ1v) is 11.1. The van der Waals surface area contributed by atoms with Crippen LogP contribution in [0.5, 0.6) is 0 Å². The summed E-state index contributed by atoms with van der Waals surface area (Å²) >= 11 is 0. The van der Waals surface area contributed by atoms with Gasteiger partial charge in [-0.1, -0.05) is 20.3 Å². The van der Waals surface area contributed by atoms with Crippen LogP contribution in [0.3, 0.4) is 0 Å². The lowest BCUT2D eigenvalue weighted by atomic mass is 9.95. The molecule has 0 aromatic heterocycles. The van der Waals surface area contributed by atoms with Gasteiger partial charge in [0.1, 0.15) is 0 Å². The maximum absolute atomic E-state index is 12.1. The molecule has 26 heavy (non-hydrogen) atoms. The molecule has 0 aromatic carbocycles. The van der Waals surface area contributed by atoms with Gasteiger partial charge in [0.05, 0.1) is 6.54 Å². The number of hydrogen-bond donors (Lipinski definition) is 3. The van der Waals surface area contributed by atoms with E-state index in [2.05, 4.69) is 27.9 Å². The van der Waals surface area contributed by atoms with E-state index >= 15 is 0 Å². The van der Waals surface area contributed by atoms with E-state index in [4.69, 9.17) is 0 Å². The molecule has 1 fully saturated rings. The summed E-state index contributed by atoms with van der Waals surface area (Å²) in [6, 6.07) is 0.516. The standard InChI is InChI=1S/C18H36N4O2S.HI/c1-5-14(4)21-17(23)11-12-20-18(19-6-2)22-15-9-8-10-16(13-15)25(24)7-3;/h14-16H,5-13H2,1-4H3,(H,21,23)(H2,19,20,22);1H. The van der Waals surface area contributed by atoms with Gasteiger partial charge < -0.3 is 16.0 Å². The van der Waals surface area contributed by atoms with Crippen molar-refractivity contribution in [3.05, 3.63) is 0 Å². The molecule has 8 heteroatoms. The molecule has 0 aliphatic heterocycles. The Labute approximate surface area is 178 Å². The highest BCUT2D eigenvalue weighted by Crippen LogP contribution is 2.22.